The fourth-order valence-corrected chi connectivity index (χ4v) is 3.36. The normalized spacial score (nSPS) is 12.2. The monoisotopic (exact) mass is 396 g/mol. The van der Waals surface area contributed by atoms with E-state index in [1.54, 1.807) is 7.11 Å². The summed E-state index contributed by atoms with van der Waals surface area (Å²) in [6, 6.07) is 8.70. The van der Waals surface area contributed by atoms with Gasteiger partial charge in [0.05, 0.1) is 7.11 Å². The standard InChI is InChI=1S/C17H21IN2O/c1-11-10-20-15(12(2)17(11)21-4)9-16(19-3)13-7-5-6-8-14(13)18/h5-8,10,16,19H,9H2,1-4H3. The molecule has 4 heteroatoms. The Morgan fingerprint density at radius 1 is 1.29 bits per heavy atom. The molecule has 3 nitrogen and oxygen atoms in total. The lowest BCUT2D eigenvalue weighted by Gasteiger charge is -2.20. The summed E-state index contributed by atoms with van der Waals surface area (Å²) in [5.41, 5.74) is 4.59. The zero-order valence-electron chi connectivity index (χ0n) is 12.9. The van der Waals surface area contributed by atoms with Crippen LogP contribution >= 0.6 is 22.6 Å². The molecule has 0 radical (unpaired) electrons. The summed E-state index contributed by atoms with van der Waals surface area (Å²) in [4.78, 5) is 4.61. The number of hydrogen-bond donors (Lipinski definition) is 1. The lowest BCUT2D eigenvalue weighted by molar-refractivity contribution is 0.406. The van der Waals surface area contributed by atoms with Crippen molar-refractivity contribution in [3.8, 4) is 5.75 Å². The predicted octanol–water partition coefficient (Wildman–Crippen LogP) is 3.81. The summed E-state index contributed by atoms with van der Waals surface area (Å²) in [6.07, 6.45) is 2.74. The van der Waals surface area contributed by atoms with E-state index in [1.165, 1.54) is 9.13 Å². The first-order chi connectivity index (χ1) is 10.1. The number of pyridine rings is 1. The van der Waals surface area contributed by atoms with Gasteiger partial charge in [-0.05, 0) is 55.1 Å². The molecule has 2 aromatic rings. The van der Waals surface area contributed by atoms with Crippen LogP contribution in [0.5, 0.6) is 5.75 Å². The van der Waals surface area contributed by atoms with Crippen molar-refractivity contribution in [3.05, 3.63) is 56.4 Å². The molecule has 0 saturated heterocycles. The SMILES string of the molecule is CNC(Cc1ncc(C)c(OC)c1C)c1ccccc1I. The number of rotatable bonds is 5. The van der Waals surface area contributed by atoms with Crippen molar-refractivity contribution in [2.75, 3.05) is 14.2 Å². The molecule has 0 spiro atoms. The van der Waals surface area contributed by atoms with Gasteiger partial charge in [0.2, 0.25) is 0 Å². The van der Waals surface area contributed by atoms with E-state index in [1.807, 2.05) is 20.2 Å². The fraction of sp³-hybridized carbons (Fsp3) is 0.353. The molecular formula is C17H21IN2O. The number of aryl methyl sites for hydroxylation is 1. The van der Waals surface area contributed by atoms with Gasteiger partial charge in [0.25, 0.3) is 0 Å². The average molecular weight is 396 g/mol. The van der Waals surface area contributed by atoms with Gasteiger partial charge in [-0.25, -0.2) is 0 Å². The number of nitrogens with one attached hydrogen (secondary N) is 1. The maximum absolute atomic E-state index is 5.50. The minimum absolute atomic E-state index is 0.247. The van der Waals surface area contributed by atoms with Crippen molar-refractivity contribution in [1.82, 2.24) is 10.3 Å². The number of likely N-dealkylation sites (N-methyl/N-ethyl adjacent to an activating group) is 1. The van der Waals surface area contributed by atoms with E-state index >= 15 is 0 Å². The minimum Gasteiger partial charge on any atom is -0.496 e. The Balaban J connectivity index is 2.34. The molecule has 1 heterocycles. The van der Waals surface area contributed by atoms with Crippen LogP contribution in [-0.2, 0) is 6.42 Å². The molecule has 21 heavy (non-hydrogen) atoms. The fourth-order valence-electron chi connectivity index (χ4n) is 2.60. The second-order valence-electron chi connectivity index (χ2n) is 5.11. The second kappa shape index (κ2) is 7.22. The number of benzene rings is 1. The molecule has 1 atom stereocenters. The maximum Gasteiger partial charge on any atom is 0.128 e. The van der Waals surface area contributed by atoms with Crippen molar-refractivity contribution in [1.29, 1.82) is 0 Å². The Kier molecular flexibility index (Phi) is 5.58. The quantitative estimate of drug-likeness (QED) is 0.781. The van der Waals surface area contributed by atoms with Gasteiger partial charge in [0.15, 0.2) is 0 Å². The van der Waals surface area contributed by atoms with E-state index in [4.69, 9.17) is 4.74 Å². The van der Waals surface area contributed by atoms with Gasteiger partial charge >= 0.3 is 0 Å². The predicted molar refractivity (Wildman–Crippen MR) is 94.9 cm³/mol. The molecule has 0 fully saturated rings. The molecule has 1 unspecified atom stereocenters. The topological polar surface area (TPSA) is 34.2 Å². The van der Waals surface area contributed by atoms with Gasteiger partial charge < -0.3 is 10.1 Å². The summed E-state index contributed by atoms with van der Waals surface area (Å²) in [6.45, 7) is 4.11. The van der Waals surface area contributed by atoms with E-state index in [2.05, 4.69) is 64.1 Å². The number of ether oxygens (including phenoxy) is 1. The summed E-state index contributed by atoms with van der Waals surface area (Å²) in [7, 11) is 3.71. The summed E-state index contributed by atoms with van der Waals surface area (Å²) in [5.74, 6) is 0.942. The first kappa shape index (κ1) is 16.2. The van der Waals surface area contributed by atoms with Crippen molar-refractivity contribution in [2.45, 2.75) is 26.3 Å². The van der Waals surface area contributed by atoms with Crippen LogP contribution in [0.2, 0.25) is 0 Å². The highest BCUT2D eigenvalue weighted by Gasteiger charge is 2.17. The number of methoxy groups -OCH3 is 1. The van der Waals surface area contributed by atoms with Crippen LogP contribution in [0.3, 0.4) is 0 Å². The molecule has 1 N–H and O–H groups in total. The second-order valence-corrected chi connectivity index (χ2v) is 6.28. The van der Waals surface area contributed by atoms with E-state index < -0.39 is 0 Å². The largest absolute Gasteiger partial charge is 0.496 e. The van der Waals surface area contributed by atoms with E-state index in [-0.39, 0.29) is 6.04 Å². The zero-order valence-corrected chi connectivity index (χ0v) is 15.1. The highest BCUT2D eigenvalue weighted by atomic mass is 127. The highest BCUT2D eigenvalue weighted by Crippen LogP contribution is 2.28. The zero-order chi connectivity index (χ0) is 15.4. The van der Waals surface area contributed by atoms with Gasteiger partial charge in [-0.2, -0.15) is 0 Å². The molecule has 0 amide bonds. The van der Waals surface area contributed by atoms with Crippen LogP contribution in [-0.4, -0.2) is 19.1 Å². The number of aromatic nitrogens is 1. The van der Waals surface area contributed by atoms with E-state index in [0.29, 0.717) is 0 Å². The third-order valence-electron chi connectivity index (χ3n) is 3.78. The molecule has 112 valence electrons. The van der Waals surface area contributed by atoms with Crippen LogP contribution in [0, 0.1) is 17.4 Å². The van der Waals surface area contributed by atoms with Crippen LogP contribution in [0.4, 0.5) is 0 Å². The molecule has 0 bridgehead atoms. The van der Waals surface area contributed by atoms with Crippen molar-refractivity contribution in [3.63, 3.8) is 0 Å². The van der Waals surface area contributed by atoms with Crippen LogP contribution in [0.15, 0.2) is 30.5 Å². The van der Waals surface area contributed by atoms with Crippen molar-refractivity contribution in [2.24, 2.45) is 0 Å². The highest BCUT2D eigenvalue weighted by molar-refractivity contribution is 14.1. The van der Waals surface area contributed by atoms with Crippen LogP contribution in [0.1, 0.15) is 28.4 Å². The molecular weight excluding hydrogens is 375 g/mol. The molecule has 0 saturated carbocycles. The van der Waals surface area contributed by atoms with Crippen molar-refractivity contribution < 1.29 is 4.74 Å². The Hall–Kier alpha value is -1.14. The molecule has 0 aliphatic rings. The Morgan fingerprint density at radius 3 is 2.62 bits per heavy atom. The molecule has 2 rings (SSSR count). The Morgan fingerprint density at radius 2 is 2.00 bits per heavy atom. The summed E-state index contributed by atoms with van der Waals surface area (Å²) < 4.78 is 6.77. The summed E-state index contributed by atoms with van der Waals surface area (Å²) >= 11 is 2.38. The van der Waals surface area contributed by atoms with Gasteiger partial charge in [-0.1, -0.05) is 18.2 Å². The summed E-state index contributed by atoms with van der Waals surface area (Å²) in [5, 5.41) is 3.40. The Labute approximate surface area is 140 Å². The Bertz CT molecular complexity index is 628. The number of nitrogens with zero attached hydrogens (tertiary/aromatic N) is 1. The molecule has 1 aromatic heterocycles. The van der Waals surface area contributed by atoms with Gasteiger partial charge in [-0.3, -0.25) is 4.98 Å². The van der Waals surface area contributed by atoms with E-state index in [9.17, 15) is 0 Å². The minimum atomic E-state index is 0.247. The van der Waals surface area contributed by atoms with Crippen LogP contribution < -0.4 is 10.1 Å². The number of halogens is 1. The molecule has 0 aliphatic carbocycles. The average Bonchev–Trinajstić information content (AvgIpc) is 2.48. The smallest absolute Gasteiger partial charge is 0.128 e. The van der Waals surface area contributed by atoms with Crippen LogP contribution in [0.25, 0.3) is 0 Å². The van der Waals surface area contributed by atoms with E-state index in [0.717, 1.165) is 29.0 Å². The maximum atomic E-state index is 5.50. The lowest BCUT2D eigenvalue weighted by Crippen LogP contribution is -2.21. The van der Waals surface area contributed by atoms with Gasteiger partial charge in [0.1, 0.15) is 5.75 Å². The first-order valence-corrected chi connectivity index (χ1v) is 8.07. The van der Waals surface area contributed by atoms with Crippen molar-refractivity contribution >= 4 is 22.6 Å². The van der Waals surface area contributed by atoms with Gasteiger partial charge in [0, 0.05) is 39.1 Å². The third-order valence-corrected chi connectivity index (χ3v) is 4.76. The number of hydrogen-bond acceptors (Lipinski definition) is 3. The lowest BCUT2D eigenvalue weighted by atomic mass is 9.99. The first-order valence-electron chi connectivity index (χ1n) is 6.99. The third kappa shape index (κ3) is 3.55. The van der Waals surface area contributed by atoms with Gasteiger partial charge in [-0.15, -0.1) is 0 Å². The molecule has 1 aromatic carbocycles. The molecule has 0 aliphatic heterocycles.